The molecule has 0 unspecified atom stereocenters. The Kier molecular flexibility index (Phi) is 4.57. The lowest BCUT2D eigenvalue weighted by atomic mass is 10.2. The van der Waals surface area contributed by atoms with E-state index in [1.807, 2.05) is 35.8 Å². The number of aromatic nitrogens is 1. The molecule has 0 aliphatic rings. The van der Waals surface area contributed by atoms with Crippen molar-refractivity contribution in [2.24, 2.45) is 0 Å². The van der Waals surface area contributed by atoms with Gasteiger partial charge in [0.1, 0.15) is 6.54 Å². The van der Waals surface area contributed by atoms with E-state index in [9.17, 15) is 9.59 Å². The van der Waals surface area contributed by atoms with Gasteiger partial charge in [0, 0.05) is 36.6 Å². The number of aryl methyl sites for hydroxylation is 1. The Bertz CT molecular complexity index is 941. The largest absolute Gasteiger partial charge is 0.345 e. The molecule has 0 fully saturated rings. The van der Waals surface area contributed by atoms with Crippen LogP contribution < -0.4 is 5.32 Å². The fraction of sp³-hybridized carbons (Fsp3) is 0.200. The monoisotopic (exact) mass is 335 g/mol. The van der Waals surface area contributed by atoms with Crippen LogP contribution in [0.1, 0.15) is 16.1 Å². The van der Waals surface area contributed by atoms with Crippen molar-refractivity contribution < 1.29 is 9.59 Å². The number of nitrogens with one attached hydrogen (secondary N) is 1. The number of carbonyl (C=O) groups is 2. The summed E-state index contributed by atoms with van der Waals surface area (Å²) < 4.78 is 1.99. The van der Waals surface area contributed by atoms with Gasteiger partial charge in [0.25, 0.3) is 5.91 Å². The maximum Gasteiger partial charge on any atom is 0.253 e. The van der Waals surface area contributed by atoms with Gasteiger partial charge < -0.3 is 14.8 Å². The van der Waals surface area contributed by atoms with Crippen molar-refractivity contribution >= 4 is 28.4 Å². The second-order valence-corrected chi connectivity index (χ2v) is 6.26. The lowest BCUT2D eigenvalue weighted by molar-refractivity contribution is -0.116. The van der Waals surface area contributed by atoms with Gasteiger partial charge in [-0.15, -0.1) is 0 Å². The van der Waals surface area contributed by atoms with Crippen molar-refractivity contribution in [3.63, 3.8) is 0 Å². The quantitative estimate of drug-likeness (QED) is 0.795. The van der Waals surface area contributed by atoms with E-state index in [-0.39, 0.29) is 18.4 Å². The third-order valence-corrected chi connectivity index (χ3v) is 4.12. The van der Waals surface area contributed by atoms with E-state index in [2.05, 4.69) is 11.4 Å². The highest BCUT2D eigenvalue weighted by atomic mass is 16.2. The van der Waals surface area contributed by atoms with Crippen LogP contribution in [-0.2, 0) is 11.3 Å². The molecule has 0 aliphatic carbocycles. The summed E-state index contributed by atoms with van der Waals surface area (Å²) in [5.41, 5.74) is 3.23. The Morgan fingerprint density at radius 2 is 1.80 bits per heavy atom. The normalized spacial score (nSPS) is 10.7. The first kappa shape index (κ1) is 16.8. The molecule has 2 amide bonds. The maximum atomic E-state index is 12.5. The van der Waals surface area contributed by atoms with Gasteiger partial charge in [-0.3, -0.25) is 9.59 Å². The molecule has 25 heavy (non-hydrogen) atoms. The van der Waals surface area contributed by atoms with E-state index in [0.717, 1.165) is 16.6 Å². The highest BCUT2D eigenvalue weighted by Gasteiger charge is 2.12. The van der Waals surface area contributed by atoms with Crippen molar-refractivity contribution in [1.82, 2.24) is 9.47 Å². The topological polar surface area (TPSA) is 54.3 Å². The molecule has 0 bridgehead atoms. The Labute approximate surface area is 146 Å². The second kappa shape index (κ2) is 6.81. The Balaban J connectivity index is 1.78. The molecule has 128 valence electrons. The van der Waals surface area contributed by atoms with Crippen LogP contribution in [0.25, 0.3) is 10.9 Å². The smallest absolute Gasteiger partial charge is 0.253 e. The minimum Gasteiger partial charge on any atom is -0.345 e. The standard InChI is InChI=1S/C20H21N3O2/c1-14-11-15-7-4-5-10-18(15)23(14)13-19(24)21-17-9-6-8-16(12-17)20(25)22(2)3/h4-12H,13H2,1-3H3,(H,21,24). The number of carbonyl (C=O) groups excluding carboxylic acids is 2. The maximum absolute atomic E-state index is 12.5. The molecule has 0 atom stereocenters. The number of benzene rings is 2. The van der Waals surface area contributed by atoms with Crippen molar-refractivity contribution in [2.45, 2.75) is 13.5 Å². The molecule has 2 aromatic carbocycles. The van der Waals surface area contributed by atoms with Crippen LogP contribution in [-0.4, -0.2) is 35.4 Å². The minimum absolute atomic E-state index is 0.0941. The molecule has 1 aromatic heterocycles. The number of hydrogen-bond acceptors (Lipinski definition) is 2. The zero-order valence-corrected chi connectivity index (χ0v) is 14.6. The molecule has 0 radical (unpaired) electrons. The fourth-order valence-corrected chi connectivity index (χ4v) is 2.89. The van der Waals surface area contributed by atoms with Gasteiger partial charge in [0.2, 0.25) is 5.91 Å². The Morgan fingerprint density at radius 3 is 2.56 bits per heavy atom. The average molecular weight is 335 g/mol. The highest BCUT2D eigenvalue weighted by Crippen LogP contribution is 2.19. The van der Waals surface area contributed by atoms with Gasteiger partial charge in [-0.2, -0.15) is 0 Å². The zero-order valence-electron chi connectivity index (χ0n) is 14.6. The predicted octanol–water partition coefficient (Wildman–Crippen LogP) is 3.29. The zero-order chi connectivity index (χ0) is 18.0. The molecular weight excluding hydrogens is 314 g/mol. The van der Waals surface area contributed by atoms with Gasteiger partial charge in [-0.25, -0.2) is 0 Å². The second-order valence-electron chi connectivity index (χ2n) is 6.26. The molecule has 0 saturated carbocycles. The van der Waals surface area contributed by atoms with Crippen LogP contribution in [0, 0.1) is 6.92 Å². The summed E-state index contributed by atoms with van der Waals surface area (Å²) in [5.74, 6) is -0.220. The predicted molar refractivity (Wildman–Crippen MR) is 99.8 cm³/mol. The highest BCUT2D eigenvalue weighted by molar-refractivity contribution is 5.97. The summed E-state index contributed by atoms with van der Waals surface area (Å²) in [6.07, 6.45) is 0. The van der Waals surface area contributed by atoms with E-state index in [1.54, 1.807) is 38.4 Å². The first-order valence-electron chi connectivity index (χ1n) is 8.12. The minimum atomic E-state index is -0.126. The SMILES string of the molecule is Cc1cc2ccccc2n1CC(=O)Nc1cccc(C(=O)N(C)C)c1. The Morgan fingerprint density at radius 1 is 1.04 bits per heavy atom. The van der Waals surface area contributed by atoms with Crippen LogP contribution in [0.4, 0.5) is 5.69 Å². The fourth-order valence-electron chi connectivity index (χ4n) is 2.89. The summed E-state index contributed by atoms with van der Waals surface area (Å²) in [6.45, 7) is 2.22. The van der Waals surface area contributed by atoms with Gasteiger partial charge in [-0.05, 0) is 42.6 Å². The molecule has 5 heteroatoms. The molecule has 0 spiro atoms. The van der Waals surface area contributed by atoms with Gasteiger partial charge in [0.05, 0.1) is 0 Å². The van der Waals surface area contributed by atoms with Crippen LogP contribution in [0.2, 0.25) is 0 Å². The molecule has 1 heterocycles. The van der Waals surface area contributed by atoms with E-state index in [4.69, 9.17) is 0 Å². The number of amides is 2. The van der Waals surface area contributed by atoms with Crippen LogP contribution in [0.15, 0.2) is 54.6 Å². The lowest BCUT2D eigenvalue weighted by Gasteiger charge is -2.12. The first-order chi connectivity index (χ1) is 12.0. The van der Waals surface area contributed by atoms with Crippen molar-refractivity contribution in [1.29, 1.82) is 0 Å². The third-order valence-electron chi connectivity index (χ3n) is 4.12. The van der Waals surface area contributed by atoms with Crippen LogP contribution >= 0.6 is 0 Å². The molecule has 0 saturated heterocycles. The molecule has 5 nitrogen and oxygen atoms in total. The van der Waals surface area contributed by atoms with Crippen LogP contribution in [0.5, 0.6) is 0 Å². The molecule has 3 aromatic rings. The molecular formula is C20H21N3O2. The lowest BCUT2D eigenvalue weighted by Crippen LogP contribution is -2.22. The number of hydrogen-bond donors (Lipinski definition) is 1. The van der Waals surface area contributed by atoms with E-state index in [1.165, 1.54) is 4.90 Å². The van der Waals surface area contributed by atoms with Gasteiger partial charge in [0.15, 0.2) is 0 Å². The summed E-state index contributed by atoms with van der Waals surface area (Å²) in [4.78, 5) is 26.0. The number of para-hydroxylation sites is 1. The van der Waals surface area contributed by atoms with Crippen molar-refractivity contribution in [3.05, 3.63) is 65.9 Å². The van der Waals surface area contributed by atoms with Crippen molar-refractivity contribution in [3.8, 4) is 0 Å². The third kappa shape index (κ3) is 3.55. The first-order valence-corrected chi connectivity index (χ1v) is 8.12. The van der Waals surface area contributed by atoms with E-state index in [0.29, 0.717) is 11.3 Å². The number of rotatable bonds is 4. The van der Waals surface area contributed by atoms with Crippen molar-refractivity contribution in [2.75, 3.05) is 19.4 Å². The molecule has 1 N–H and O–H groups in total. The van der Waals surface area contributed by atoms with Gasteiger partial charge >= 0.3 is 0 Å². The van der Waals surface area contributed by atoms with E-state index >= 15 is 0 Å². The Hall–Kier alpha value is -3.08. The summed E-state index contributed by atoms with van der Waals surface area (Å²) in [6, 6.07) is 17.0. The average Bonchev–Trinajstić information content (AvgIpc) is 2.90. The number of nitrogens with zero attached hydrogens (tertiary/aromatic N) is 2. The molecule has 3 rings (SSSR count). The van der Waals surface area contributed by atoms with E-state index < -0.39 is 0 Å². The molecule has 0 aliphatic heterocycles. The van der Waals surface area contributed by atoms with Crippen LogP contribution in [0.3, 0.4) is 0 Å². The number of anilines is 1. The summed E-state index contributed by atoms with van der Waals surface area (Å²) in [7, 11) is 3.40. The van der Waals surface area contributed by atoms with Gasteiger partial charge in [-0.1, -0.05) is 24.3 Å². The number of fused-ring (bicyclic) bond motifs is 1. The summed E-state index contributed by atoms with van der Waals surface area (Å²) >= 11 is 0. The summed E-state index contributed by atoms with van der Waals surface area (Å²) in [5, 5.41) is 3.99.